The second-order valence-electron chi connectivity index (χ2n) is 2.49. The van der Waals surface area contributed by atoms with E-state index >= 15 is 0 Å². The Morgan fingerprint density at radius 1 is 0.250 bits per heavy atom. The molecule has 0 aromatic carbocycles. The predicted octanol–water partition coefficient (Wildman–Crippen LogP) is 2.24. The molecular formula is C16H8. The first-order valence-electron chi connectivity index (χ1n) is 4.64. The van der Waals surface area contributed by atoms with Crippen LogP contribution in [0.4, 0.5) is 0 Å². The van der Waals surface area contributed by atoms with Gasteiger partial charge >= 0.3 is 0 Å². The van der Waals surface area contributed by atoms with Crippen molar-refractivity contribution in [1.82, 2.24) is 0 Å². The van der Waals surface area contributed by atoms with Crippen molar-refractivity contribution in [1.29, 1.82) is 0 Å². The molecule has 0 fully saturated rings. The van der Waals surface area contributed by atoms with E-state index in [1.807, 2.05) is 0 Å². The molecule has 0 radical (unpaired) electrons. The van der Waals surface area contributed by atoms with Crippen LogP contribution in [-0.2, 0) is 0 Å². The van der Waals surface area contributed by atoms with Crippen LogP contribution in [0.25, 0.3) is 0 Å². The molecule has 16 heavy (non-hydrogen) atoms. The average molecular weight is 200 g/mol. The van der Waals surface area contributed by atoms with Gasteiger partial charge in [-0.25, -0.2) is 0 Å². The average Bonchev–Trinajstić information content (AvgIpc) is 2.29. The zero-order valence-corrected chi connectivity index (χ0v) is 8.62. The third-order valence-electron chi connectivity index (χ3n) is 1.33. The van der Waals surface area contributed by atoms with Crippen LogP contribution in [0.15, 0.2) is 48.6 Å². The smallest absolute Gasteiger partial charge is 0.00316 e. The third-order valence-corrected chi connectivity index (χ3v) is 1.33. The fourth-order valence-electron chi connectivity index (χ4n) is 0.718. The predicted molar refractivity (Wildman–Crippen MR) is 67.7 cm³/mol. The SMILES string of the molecule is C1#C/C=C/C#C/C=C/C#C/C=C/C#C/C=C\1. The van der Waals surface area contributed by atoms with Gasteiger partial charge in [0.15, 0.2) is 0 Å². The lowest BCUT2D eigenvalue weighted by molar-refractivity contribution is 2.03. The Morgan fingerprint density at radius 3 is 0.500 bits per heavy atom. The molecule has 1 aliphatic rings. The van der Waals surface area contributed by atoms with Gasteiger partial charge in [0, 0.05) is 0 Å². The zero-order chi connectivity index (χ0) is 11.3. The molecule has 72 valence electrons. The van der Waals surface area contributed by atoms with E-state index < -0.39 is 0 Å². The molecule has 0 N–H and O–H groups in total. The van der Waals surface area contributed by atoms with Gasteiger partial charge < -0.3 is 0 Å². The Balaban J connectivity index is 2.82. The van der Waals surface area contributed by atoms with Crippen LogP contribution in [0, 0.1) is 47.4 Å². The summed E-state index contributed by atoms with van der Waals surface area (Å²) in [6, 6.07) is 0. The summed E-state index contributed by atoms with van der Waals surface area (Å²) < 4.78 is 0. The van der Waals surface area contributed by atoms with Gasteiger partial charge in [0.1, 0.15) is 0 Å². The van der Waals surface area contributed by atoms with Gasteiger partial charge in [0.2, 0.25) is 0 Å². The first-order valence-corrected chi connectivity index (χ1v) is 4.64. The van der Waals surface area contributed by atoms with E-state index in [2.05, 4.69) is 47.4 Å². The molecule has 1 aliphatic carbocycles. The van der Waals surface area contributed by atoms with E-state index in [1.54, 1.807) is 48.6 Å². The summed E-state index contributed by atoms with van der Waals surface area (Å²) in [4.78, 5) is 0. The molecular weight excluding hydrogens is 192 g/mol. The maximum Gasteiger partial charge on any atom is -0.00316 e. The Kier molecular flexibility index (Phi) is 6.19. The van der Waals surface area contributed by atoms with Gasteiger partial charge in [-0.05, 0) is 48.6 Å². The molecule has 1 rings (SSSR count). The van der Waals surface area contributed by atoms with Crippen molar-refractivity contribution in [3.8, 4) is 47.4 Å². The van der Waals surface area contributed by atoms with Gasteiger partial charge in [-0.1, -0.05) is 47.4 Å². The molecule has 0 aromatic rings. The molecule has 0 spiro atoms. The van der Waals surface area contributed by atoms with E-state index in [1.165, 1.54) is 0 Å². The van der Waals surface area contributed by atoms with Crippen molar-refractivity contribution in [3.05, 3.63) is 48.6 Å². The molecule has 0 bridgehead atoms. The van der Waals surface area contributed by atoms with Gasteiger partial charge in [0.05, 0.1) is 0 Å². The first kappa shape index (κ1) is 11.3. The minimum Gasteiger partial charge on any atom is -0.0696 e. The van der Waals surface area contributed by atoms with Crippen LogP contribution in [0.3, 0.4) is 0 Å². The monoisotopic (exact) mass is 200 g/mol. The summed E-state index contributed by atoms with van der Waals surface area (Å²) in [5.41, 5.74) is 0. The molecule has 0 nitrogen and oxygen atoms in total. The molecule has 0 heterocycles. The summed E-state index contributed by atoms with van der Waals surface area (Å²) >= 11 is 0. The van der Waals surface area contributed by atoms with Crippen molar-refractivity contribution < 1.29 is 0 Å². The quantitative estimate of drug-likeness (QED) is 0.526. The summed E-state index contributed by atoms with van der Waals surface area (Å²) in [6.45, 7) is 0. The van der Waals surface area contributed by atoms with E-state index in [-0.39, 0.29) is 0 Å². The molecule has 0 saturated carbocycles. The van der Waals surface area contributed by atoms with Crippen LogP contribution < -0.4 is 0 Å². The van der Waals surface area contributed by atoms with Gasteiger partial charge in [0.25, 0.3) is 0 Å². The van der Waals surface area contributed by atoms with Gasteiger partial charge in [-0.3, -0.25) is 0 Å². The topological polar surface area (TPSA) is 0 Å². The van der Waals surface area contributed by atoms with Gasteiger partial charge in [-0.2, -0.15) is 0 Å². The second kappa shape index (κ2) is 8.78. The van der Waals surface area contributed by atoms with Crippen LogP contribution in [0.5, 0.6) is 0 Å². The van der Waals surface area contributed by atoms with Crippen LogP contribution in [0.2, 0.25) is 0 Å². The highest BCUT2D eigenvalue weighted by Crippen LogP contribution is 1.74. The molecule has 0 aliphatic heterocycles. The van der Waals surface area contributed by atoms with Crippen molar-refractivity contribution in [2.24, 2.45) is 0 Å². The summed E-state index contributed by atoms with van der Waals surface area (Å²) in [5, 5.41) is 0. The molecule has 0 heteroatoms. The first-order chi connectivity index (χ1) is 8.00. The number of rotatable bonds is 0. The largest absolute Gasteiger partial charge is 0.0696 e. The van der Waals surface area contributed by atoms with Gasteiger partial charge in [-0.15, -0.1) is 0 Å². The Hall–Kier alpha value is -2.80. The van der Waals surface area contributed by atoms with Crippen LogP contribution >= 0.6 is 0 Å². The number of allylic oxidation sites excluding steroid dienone is 8. The molecule has 0 amide bonds. The lowest BCUT2D eigenvalue weighted by Gasteiger charge is -1.68. The van der Waals surface area contributed by atoms with Crippen molar-refractivity contribution in [2.75, 3.05) is 0 Å². The Bertz CT molecular complexity index is 425. The fourth-order valence-corrected chi connectivity index (χ4v) is 0.718. The lowest BCUT2D eigenvalue weighted by Crippen LogP contribution is -1.56. The number of hydrogen-bond donors (Lipinski definition) is 0. The maximum atomic E-state index is 2.81. The van der Waals surface area contributed by atoms with Crippen molar-refractivity contribution in [3.63, 3.8) is 0 Å². The molecule has 0 unspecified atom stereocenters. The number of hydrogen-bond acceptors (Lipinski definition) is 0. The normalized spacial score (nSPS) is 20.0. The Morgan fingerprint density at radius 2 is 0.375 bits per heavy atom. The second-order valence-corrected chi connectivity index (χ2v) is 2.49. The Labute approximate surface area is 96.4 Å². The van der Waals surface area contributed by atoms with E-state index in [0.29, 0.717) is 0 Å². The zero-order valence-electron chi connectivity index (χ0n) is 8.62. The summed E-state index contributed by atoms with van der Waals surface area (Å²) in [5.74, 6) is 22.5. The van der Waals surface area contributed by atoms with Crippen molar-refractivity contribution in [2.45, 2.75) is 0 Å². The molecule has 0 atom stereocenters. The lowest BCUT2D eigenvalue weighted by atomic mass is 10.4. The van der Waals surface area contributed by atoms with Crippen LogP contribution in [0.1, 0.15) is 0 Å². The molecule has 0 aromatic heterocycles. The highest BCUT2D eigenvalue weighted by molar-refractivity contribution is 5.36. The highest BCUT2D eigenvalue weighted by atomic mass is 13.7. The fraction of sp³-hybridized carbons (Fsp3) is 0. The van der Waals surface area contributed by atoms with Crippen molar-refractivity contribution >= 4 is 0 Å². The molecule has 0 saturated heterocycles. The highest BCUT2D eigenvalue weighted by Gasteiger charge is 1.62. The minimum absolute atomic E-state index is 1.69. The standard InChI is InChI=1S/C16H8/c1-2-4-6-8-10-12-14-16-15-13-11-9-7-5-3-1/h1-2,7-10,15-16H/b2-1-,9-7+,10-8+,16-15+. The van der Waals surface area contributed by atoms with E-state index in [0.717, 1.165) is 0 Å². The summed E-state index contributed by atoms with van der Waals surface area (Å²) in [6.07, 6.45) is 13.5. The maximum absolute atomic E-state index is 2.81. The van der Waals surface area contributed by atoms with E-state index in [4.69, 9.17) is 0 Å². The third kappa shape index (κ3) is 6.69. The van der Waals surface area contributed by atoms with E-state index in [9.17, 15) is 0 Å². The summed E-state index contributed by atoms with van der Waals surface area (Å²) in [7, 11) is 0. The minimum atomic E-state index is 1.69. The van der Waals surface area contributed by atoms with Crippen LogP contribution in [-0.4, -0.2) is 0 Å².